The molecule has 0 unspecified atom stereocenters. The first-order chi connectivity index (χ1) is 17.4. The van der Waals surface area contributed by atoms with Crippen LogP contribution in [-0.2, 0) is 4.79 Å². The summed E-state index contributed by atoms with van der Waals surface area (Å²) in [7, 11) is 1.54. The van der Waals surface area contributed by atoms with Gasteiger partial charge in [-0.2, -0.15) is 0 Å². The van der Waals surface area contributed by atoms with Crippen LogP contribution in [0.1, 0.15) is 23.3 Å². The number of hydrogen-bond acceptors (Lipinski definition) is 7. The van der Waals surface area contributed by atoms with E-state index in [-0.39, 0.29) is 30.2 Å². The lowest BCUT2D eigenvalue weighted by molar-refractivity contribution is -0.111. The van der Waals surface area contributed by atoms with Gasteiger partial charge in [-0.05, 0) is 48.6 Å². The van der Waals surface area contributed by atoms with Crippen LogP contribution in [0.5, 0.6) is 5.75 Å². The first kappa shape index (κ1) is 25.2. The summed E-state index contributed by atoms with van der Waals surface area (Å²) in [5.74, 6) is -0.139. The fourth-order valence-corrected chi connectivity index (χ4v) is 4.44. The minimum absolute atomic E-state index is 0.0291. The monoisotopic (exact) mass is 489 g/mol. The van der Waals surface area contributed by atoms with Crippen molar-refractivity contribution in [3.05, 3.63) is 60.8 Å². The highest BCUT2D eigenvalue weighted by Gasteiger charge is 2.23. The third kappa shape index (κ3) is 5.48. The molecular weight excluding hydrogens is 458 g/mol. The van der Waals surface area contributed by atoms with Crippen molar-refractivity contribution in [3.8, 4) is 17.0 Å². The van der Waals surface area contributed by atoms with Crippen molar-refractivity contribution in [3.63, 3.8) is 0 Å². The van der Waals surface area contributed by atoms with Crippen molar-refractivity contribution in [1.29, 1.82) is 0 Å². The van der Waals surface area contributed by atoms with Gasteiger partial charge in [0.15, 0.2) is 5.69 Å². The molecule has 0 saturated carbocycles. The summed E-state index contributed by atoms with van der Waals surface area (Å²) in [5, 5.41) is 16.7. The molecule has 0 atom stereocenters. The number of nitrogen functional groups attached to an aromatic ring is 1. The number of aromatic nitrogens is 1. The van der Waals surface area contributed by atoms with Crippen molar-refractivity contribution < 1.29 is 19.4 Å². The third-order valence-corrected chi connectivity index (χ3v) is 6.41. The molecule has 0 spiro atoms. The van der Waals surface area contributed by atoms with Gasteiger partial charge in [-0.15, -0.1) is 0 Å². The number of pyridine rings is 1. The molecular formula is C27H31N5O4. The highest BCUT2D eigenvalue weighted by molar-refractivity contribution is 6.08. The number of nitrogens with two attached hydrogens (primary N) is 1. The molecule has 36 heavy (non-hydrogen) atoms. The van der Waals surface area contributed by atoms with Crippen LogP contribution in [0.2, 0.25) is 0 Å². The molecule has 9 heteroatoms. The van der Waals surface area contributed by atoms with Gasteiger partial charge in [0.25, 0.3) is 5.91 Å². The van der Waals surface area contributed by atoms with Gasteiger partial charge in [0.2, 0.25) is 5.91 Å². The lowest BCUT2D eigenvalue weighted by Crippen LogP contribution is -2.45. The zero-order chi connectivity index (χ0) is 25.7. The Bertz CT molecular complexity index is 1280. The summed E-state index contributed by atoms with van der Waals surface area (Å²) in [6, 6.07) is 12.9. The number of hydrogen-bond donors (Lipinski definition) is 4. The van der Waals surface area contributed by atoms with Crippen LogP contribution in [0.25, 0.3) is 22.0 Å². The number of fused-ring (bicyclic) bond motifs is 1. The first-order valence-corrected chi connectivity index (χ1v) is 11.9. The van der Waals surface area contributed by atoms with Gasteiger partial charge >= 0.3 is 0 Å². The number of carbonyl (C=O) groups is 2. The average Bonchev–Trinajstić information content (AvgIpc) is 2.90. The number of rotatable bonds is 8. The number of piperidine rings is 1. The number of methoxy groups -OCH3 is 1. The van der Waals surface area contributed by atoms with Crippen molar-refractivity contribution in [2.24, 2.45) is 0 Å². The van der Waals surface area contributed by atoms with Crippen LogP contribution < -0.4 is 21.1 Å². The molecule has 2 aromatic carbocycles. The van der Waals surface area contributed by atoms with Crippen LogP contribution in [0.15, 0.2) is 55.1 Å². The zero-order valence-electron chi connectivity index (χ0n) is 20.3. The number of likely N-dealkylation sites (tertiary alicyclic amines) is 1. The number of benzene rings is 2. The highest BCUT2D eigenvalue weighted by Crippen LogP contribution is 2.36. The SMILES string of the molecule is C=CC(=O)Nc1c(OC)ccc2ccc(-c3ccc(N)c(C(=O)NC4CCN(CCO)CC4)n3)cc12. The molecule has 9 nitrogen and oxygen atoms in total. The number of β-amino-alcohol motifs (C(OH)–C–C–N with tert-alkyl or cyclic N) is 1. The Morgan fingerprint density at radius 2 is 1.97 bits per heavy atom. The van der Waals surface area contributed by atoms with Gasteiger partial charge in [-0.1, -0.05) is 24.8 Å². The molecule has 1 aliphatic heterocycles. The van der Waals surface area contributed by atoms with Gasteiger partial charge in [0.1, 0.15) is 5.75 Å². The lowest BCUT2D eigenvalue weighted by atomic mass is 10.0. The molecule has 2 heterocycles. The minimum atomic E-state index is -0.349. The second-order valence-corrected chi connectivity index (χ2v) is 8.72. The van der Waals surface area contributed by atoms with Crippen molar-refractivity contribution in [1.82, 2.24) is 15.2 Å². The predicted molar refractivity (Wildman–Crippen MR) is 141 cm³/mol. The summed E-state index contributed by atoms with van der Waals surface area (Å²) in [6.45, 7) is 5.94. The summed E-state index contributed by atoms with van der Waals surface area (Å²) < 4.78 is 5.45. The van der Waals surface area contributed by atoms with E-state index < -0.39 is 0 Å². The molecule has 188 valence electrons. The number of amides is 2. The Morgan fingerprint density at radius 3 is 2.67 bits per heavy atom. The van der Waals surface area contributed by atoms with Gasteiger partial charge < -0.3 is 31.1 Å². The van der Waals surface area contributed by atoms with Gasteiger partial charge in [0.05, 0.1) is 30.8 Å². The predicted octanol–water partition coefficient (Wildman–Crippen LogP) is 2.80. The molecule has 0 bridgehead atoms. The van der Waals surface area contributed by atoms with Crippen LogP contribution >= 0.6 is 0 Å². The maximum absolute atomic E-state index is 13.0. The Labute approximate surface area is 210 Å². The minimum Gasteiger partial charge on any atom is -0.495 e. The molecule has 4 rings (SSSR count). The molecule has 0 radical (unpaired) electrons. The van der Waals surface area contributed by atoms with Crippen LogP contribution in [0.4, 0.5) is 11.4 Å². The van der Waals surface area contributed by atoms with Crippen LogP contribution in [-0.4, -0.2) is 66.2 Å². The van der Waals surface area contributed by atoms with Crippen LogP contribution in [0.3, 0.4) is 0 Å². The highest BCUT2D eigenvalue weighted by atomic mass is 16.5. The van der Waals surface area contributed by atoms with Crippen molar-refractivity contribution in [2.45, 2.75) is 18.9 Å². The van der Waals surface area contributed by atoms with E-state index in [0.717, 1.165) is 42.3 Å². The number of aliphatic hydroxyl groups excluding tert-OH is 1. The van der Waals surface area contributed by atoms with Gasteiger partial charge in [0, 0.05) is 36.6 Å². The normalized spacial score (nSPS) is 14.4. The Hall–Kier alpha value is -3.95. The second kappa shape index (κ2) is 11.2. The quantitative estimate of drug-likeness (QED) is 0.358. The molecule has 1 aliphatic rings. The number of anilines is 2. The molecule has 3 aromatic rings. The summed E-state index contributed by atoms with van der Waals surface area (Å²) >= 11 is 0. The smallest absolute Gasteiger partial charge is 0.272 e. The van der Waals surface area contributed by atoms with E-state index in [0.29, 0.717) is 29.4 Å². The Kier molecular flexibility index (Phi) is 7.82. The molecule has 2 amide bonds. The van der Waals surface area contributed by atoms with E-state index in [2.05, 4.69) is 27.1 Å². The standard InChI is InChI=1S/C27H31N5O4/c1-3-24(34)31-25-20-16-18(5-4-17(20)6-9-23(25)36-2)22-8-7-21(28)26(30-22)27(35)29-19-10-12-32(13-11-19)14-15-33/h3-9,16,19,33H,1,10-15,28H2,2H3,(H,29,35)(H,31,34). The molecule has 1 aromatic heterocycles. The summed E-state index contributed by atoms with van der Waals surface area (Å²) in [5.41, 5.74) is 8.48. The molecule has 0 aliphatic carbocycles. The number of nitrogens with zero attached hydrogens (tertiary/aromatic N) is 2. The van der Waals surface area contributed by atoms with E-state index in [1.807, 2.05) is 24.3 Å². The fourth-order valence-electron chi connectivity index (χ4n) is 4.44. The first-order valence-electron chi connectivity index (χ1n) is 11.9. The second-order valence-electron chi connectivity index (χ2n) is 8.72. The van der Waals surface area contributed by atoms with E-state index in [9.17, 15) is 9.59 Å². The number of nitrogens with one attached hydrogen (secondary N) is 2. The maximum atomic E-state index is 13.0. The van der Waals surface area contributed by atoms with Gasteiger partial charge in [-0.3, -0.25) is 9.59 Å². The average molecular weight is 490 g/mol. The fraction of sp³-hybridized carbons (Fsp3) is 0.296. The summed E-state index contributed by atoms with van der Waals surface area (Å²) in [4.78, 5) is 31.9. The topological polar surface area (TPSA) is 130 Å². The number of aliphatic hydroxyl groups is 1. The largest absolute Gasteiger partial charge is 0.495 e. The maximum Gasteiger partial charge on any atom is 0.272 e. The molecule has 1 saturated heterocycles. The van der Waals surface area contributed by atoms with E-state index in [4.69, 9.17) is 15.6 Å². The zero-order valence-corrected chi connectivity index (χ0v) is 20.3. The Morgan fingerprint density at radius 1 is 1.22 bits per heavy atom. The third-order valence-electron chi connectivity index (χ3n) is 6.41. The number of ether oxygens (including phenoxy) is 1. The van der Waals surface area contributed by atoms with Crippen molar-refractivity contribution in [2.75, 3.05) is 44.4 Å². The van der Waals surface area contributed by atoms with E-state index in [1.165, 1.54) is 13.2 Å². The number of carbonyl (C=O) groups excluding carboxylic acids is 2. The van der Waals surface area contributed by atoms with Crippen molar-refractivity contribution >= 4 is 34.0 Å². The molecule has 5 N–H and O–H groups in total. The van der Waals surface area contributed by atoms with E-state index >= 15 is 0 Å². The van der Waals surface area contributed by atoms with Gasteiger partial charge in [-0.25, -0.2) is 4.98 Å². The van der Waals surface area contributed by atoms with Crippen LogP contribution in [0, 0.1) is 0 Å². The van der Waals surface area contributed by atoms with E-state index in [1.54, 1.807) is 18.2 Å². The molecule has 1 fully saturated rings. The Balaban J connectivity index is 1.62. The summed E-state index contributed by atoms with van der Waals surface area (Å²) in [6.07, 6.45) is 2.80. The lowest BCUT2D eigenvalue weighted by Gasteiger charge is -2.31.